The van der Waals surface area contributed by atoms with Gasteiger partial charge in [-0.15, -0.1) is 0 Å². The molecule has 0 radical (unpaired) electrons. The van der Waals surface area contributed by atoms with E-state index in [-0.39, 0.29) is 0 Å². The molecule has 0 spiro atoms. The van der Waals surface area contributed by atoms with Gasteiger partial charge in [-0.1, -0.05) is 37.5 Å². The number of nitrogens with zero attached hydrogens (tertiary/aromatic N) is 4. The van der Waals surface area contributed by atoms with Crippen LogP contribution in [0.5, 0.6) is 5.75 Å². The number of hydrogen-bond donors (Lipinski definition) is 0. The number of benzene rings is 1. The van der Waals surface area contributed by atoms with Crippen molar-refractivity contribution in [1.29, 1.82) is 0 Å². The van der Waals surface area contributed by atoms with Gasteiger partial charge in [-0.05, 0) is 37.1 Å². The highest BCUT2D eigenvalue weighted by Crippen LogP contribution is 2.30. The predicted molar refractivity (Wildman–Crippen MR) is 110 cm³/mol. The molecule has 2 aromatic rings. The molecule has 3 rings (SSSR count). The van der Waals surface area contributed by atoms with E-state index in [0.717, 1.165) is 36.3 Å². The van der Waals surface area contributed by atoms with Crippen molar-refractivity contribution in [3.8, 4) is 5.75 Å². The second kappa shape index (κ2) is 9.88. The van der Waals surface area contributed by atoms with Crippen LogP contribution >= 0.6 is 0 Å². The van der Waals surface area contributed by atoms with Crippen LogP contribution in [-0.4, -0.2) is 40.0 Å². The molecule has 148 valence electrons. The number of allylic oxidation sites excluding steroid dienone is 3. The average Bonchev–Trinajstić information content (AvgIpc) is 3.15. The van der Waals surface area contributed by atoms with Crippen molar-refractivity contribution < 1.29 is 9.53 Å². The van der Waals surface area contributed by atoms with Crippen LogP contribution in [-0.2, 0) is 11.4 Å². The third-order valence-corrected chi connectivity index (χ3v) is 4.72. The van der Waals surface area contributed by atoms with Gasteiger partial charge in [0.2, 0.25) is 0 Å². The van der Waals surface area contributed by atoms with Crippen LogP contribution in [0.3, 0.4) is 0 Å². The summed E-state index contributed by atoms with van der Waals surface area (Å²) in [4.78, 5) is 17.6. The zero-order chi connectivity index (χ0) is 19.8. The molecule has 0 saturated heterocycles. The van der Waals surface area contributed by atoms with Crippen molar-refractivity contribution in [3.05, 3.63) is 60.3 Å². The third-order valence-electron chi connectivity index (χ3n) is 4.72. The lowest BCUT2D eigenvalue weighted by Gasteiger charge is -2.23. The van der Waals surface area contributed by atoms with E-state index in [1.807, 2.05) is 60.2 Å². The maximum absolute atomic E-state index is 10.9. The standard InChI is InChI=1S/C22H28N4O2/c1-25(2)16-18(10-9-15-27)22-23-21(17-28-20-13-7-4-8-14-20)24-26(22)19-11-5-3-6-12-19/h4,7-10,13-16,19H,3,5-6,11-12,17H2,1-2H3/b10-9-,18-16+. The molecule has 6 heteroatoms. The second-order valence-corrected chi connectivity index (χ2v) is 7.23. The number of hydrogen-bond acceptors (Lipinski definition) is 5. The van der Waals surface area contributed by atoms with Crippen LogP contribution in [0.1, 0.15) is 49.8 Å². The zero-order valence-corrected chi connectivity index (χ0v) is 16.6. The van der Waals surface area contributed by atoms with Gasteiger partial charge in [-0.2, -0.15) is 5.10 Å². The average molecular weight is 380 g/mol. The summed E-state index contributed by atoms with van der Waals surface area (Å²) in [6, 6.07) is 10.0. The highest BCUT2D eigenvalue weighted by molar-refractivity contribution is 5.76. The minimum absolute atomic E-state index is 0.309. The summed E-state index contributed by atoms with van der Waals surface area (Å²) < 4.78 is 7.88. The number of carbonyl (C=O) groups excluding carboxylic acids is 1. The van der Waals surface area contributed by atoms with E-state index in [1.54, 1.807) is 6.08 Å². The van der Waals surface area contributed by atoms with Crippen molar-refractivity contribution in [2.75, 3.05) is 14.1 Å². The SMILES string of the molecule is CN(C)/C=C(\C=C/C=O)c1nc(COc2ccccc2)nn1C1CCCCC1. The minimum atomic E-state index is 0.309. The van der Waals surface area contributed by atoms with Crippen LogP contribution in [0.4, 0.5) is 0 Å². The van der Waals surface area contributed by atoms with Gasteiger partial charge in [0.15, 0.2) is 11.6 Å². The van der Waals surface area contributed by atoms with Crippen molar-refractivity contribution in [1.82, 2.24) is 19.7 Å². The highest BCUT2D eigenvalue weighted by Gasteiger charge is 2.22. The van der Waals surface area contributed by atoms with Gasteiger partial charge >= 0.3 is 0 Å². The molecule has 1 aromatic heterocycles. The van der Waals surface area contributed by atoms with E-state index >= 15 is 0 Å². The van der Waals surface area contributed by atoms with Gasteiger partial charge in [0.1, 0.15) is 18.6 Å². The van der Waals surface area contributed by atoms with Crippen molar-refractivity contribution in [3.63, 3.8) is 0 Å². The smallest absolute Gasteiger partial charge is 0.188 e. The monoisotopic (exact) mass is 380 g/mol. The number of aldehydes is 1. The number of ether oxygens (including phenoxy) is 1. The summed E-state index contributed by atoms with van der Waals surface area (Å²) in [5.74, 6) is 2.22. The summed E-state index contributed by atoms with van der Waals surface area (Å²) >= 11 is 0. The fraction of sp³-hybridized carbons (Fsp3) is 0.409. The molecule has 1 heterocycles. The molecular formula is C22H28N4O2. The van der Waals surface area contributed by atoms with E-state index in [0.29, 0.717) is 18.5 Å². The molecule has 0 bridgehead atoms. The van der Waals surface area contributed by atoms with Gasteiger partial charge < -0.3 is 9.64 Å². The summed E-state index contributed by atoms with van der Waals surface area (Å²) in [6.45, 7) is 0.309. The first-order valence-corrected chi connectivity index (χ1v) is 9.81. The number of para-hydroxylation sites is 1. The van der Waals surface area contributed by atoms with Crippen molar-refractivity contribution in [2.45, 2.75) is 44.8 Å². The largest absolute Gasteiger partial charge is 0.486 e. The highest BCUT2D eigenvalue weighted by atomic mass is 16.5. The maximum Gasteiger partial charge on any atom is 0.188 e. The Morgan fingerprint density at radius 1 is 1.21 bits per heavy atom. The van der Waals surface area contributed by atoms with Gasteiger partial charge in [-0.3, -0.25) is 4.79 Å². The minimum Gasteiger partial charge on any atom is -0.486 e. The Balaban J connectivity index is 1.91. The van der Waals surface area contributed by atoms with Crippen LogP contribution < -0.4 is 4.74 Å². The van der Waals surface area contributed by atoms with E-state index in [1.165, 1.54) is 25.3 Å². The molecule has 28 heavy (non-hydrogen) atoms. The molecule has 6 nitrogen and oxygen atoms in total. The molecular weight excluding hydrogens is 352 g/mol. The Morgan fingerprint density at radius 3 is 2.64 bits per heavy atom. The number of carbonyl (C=O) groups is 1. The molecule has 1 saturated carbocycles. The Labute approximate surface area is 166 Å². The topological polar surface area (TPSA) is 60.3 Å². The normalized spacial score (nSPS) is 15.7. The molecule has 0 N–H and O–H groups in total. The quantitative estimate of drug-likeness (QED) is 0.393. The fourth-order valence-electron chi connectivity index (χ4n) is 3.47. The van der Waals surface area contributed by atoms with Crippen LogP contribution in [0.2, 0.25) is 0 Å². The van der Waals surface area contributed by atoms with Gasteiger partial charge in [0, 0.05) is 25.9 Å². The Morgan fingerprint density at radius 2 is 1.96 bits per heavy atom. The molecule has 1 fully saturated rings. The van der Waals surface area contributed by atoms with E-state index in [9.17, 15) is 4.79 Å². The summed E-state index contributed by atoms with van der Waals surface area (Å²) in [5.41, 5.74) is 0.862. The lowest BCUT2D eigenvalue weighted by molar-refractivity contribution is -0.104. The van der Waals surface area contributed by atoms with Crippen LogP contribution in [0.15, 0.2) is 48.7 Å². The molecule has 1 aliphatic rings. The molecule has 1 aromatic carbocycles. The van der Waals surface area contributed by atoms with Crippen LogP contribution in [0.25, 0.3) is 5.57 Å². The fourth-order valence-corrected chi connectivity index (χ4v) is 3.47. The summed E-state index contributed by atoms with van der Waals surface area (Å²) in [6.07, 6.45) is 11.9. The van der Waals surface area contributed by atoms with Crippen molar-refractivity contribution in [2.24, 2.45) is 0 Å². The zero-order valence-electron chi connectivity index (χ0n) is 16.6. The van der Waals surface area contributed by atoms with E-state index in [4.69, 9.17) is 14.8 Å². The van der Waals surface area contributed by atoms with E-state index in [2.05, 4.69) is 0 Å². The predicted octanol–water partition coefficient (Wildman–Crippen LogP) is 4.02. The summed E-state index contributed by atoms with van der Waals surface area (Å²) in [7, 11) is 3.91. The first kappa shape index (κ1) is 19.9. The third kappa shape index (κ3) is 5.31. The van der Waals surface area contributed by atoms with Crippen LogP contribution in [0, 0.1) is 0 Å². The Kier molecular flexibility index (Phi) is 7.00. The van der Waals surface area contributed by atoms with Gasteiger partial charge in [-0.25, -0.2) is 9.67 Å². The number of rotatable bonds is 8. The van der Waals surface area contributed by atoms with E-state index < -0.39 is 0 Å². The van der Waals surface area contributed by atoms with Gasteiger partial charge in [0.25, 0.3) is 0 Å². The first-order valence-electron chi connectivity index (χ1n) is 9.81. The molecule has 0 aliphatic heterocycles. The summed E-state index contributed by atoms with van der Waals surface area (Å²) in [5, 5.41) is 4.78. The molecule has 0 atom stereocenters. The Hall–Kier alpha value is -2.89. The lowest BCUT2D eigenvalue weighted by atomic mass is 9.95. The lowest BCUT2D eigenvalue weighted by Crippen LogP contribution is -2.17. The second-order valence-electron chi connectivity index (χ2n) is 7.23. The maximum atomic E-state index is 10.9. The van der Waals surface area contributed by atoms with Crippen molar-refractivity contribution >= 4 is 11.9 Å². The number of aromatic nitrogens is 3. The Bertz CT molecular complexity index is 818. The molecule has 0 unspecified atom stereocenters. The molecule has 0 amide bonds. The van der Waals surface area contributed by atoms with Gasteiger partial charge in [0.05, 0.1) is 6.04 Å². The molecule has 1 aliphatic carbocycles. The first-order chi connectivity index (χ1) is 13.7.